The summed E-state index contributed by atoms with van der Waals surface area (Å²) >= 11 is 5.85. The number of halogens is 1. The van der Waals surface area contributed by atoms with Gasteiger partial charge in [-0.2, -0.15) is 0 Å². The molecule has 1 heterocycles. The maximum absolute atomic E-state index is 12.5. The van der Waals surface area contributed by atoms with Crippen LogP contribution >= 0.6 is 11.6 Å². The second kappa shape index (κ2) is 5.61. The highest BCUT2D eigenvalue weighted by molar-refractivity contribution is 6.30. The lowest BCUT2D eigenvalue weighted by Crippen LogP contribution is -2.58. The van der Waals surface area contributed by atoms with Gasteiger partial charge < -0.3 is 4.74 Å². The zero-order valence-corrected chi connectivity index (χ0v) is 12.4. The van der Waals surface area contributed by atoms with E-state index in [1.807, 2.05) is 6.92 Å². The molecule has 0 aliphatic carbocycles. The zero-order valence-electron chi connectivity index (χ0n) is 11.6. The second-order valence-corrected chi connectivity index (χ2v) is 6.04. The zero-order chi connectivity index (χ0) is 14.0. The van der Waals surface area contributed by atoms with Crippen LogP contribution in [0.25, 0.3) is 0 Å². The molecule has 2 rings (SSSR count). The molecule has 0 saturated carbocycles. The van der Waals surface area contributed by atoms with E-state index in [1.165, 1.54) is 0 Å². The topological polar surface area (TPSA) is 29.5 Å². The molecule has 4 heteroatoms. The fourth-order valence-corrected chi connectivity index (χ4v) is 2.71. The van der Waals surface area contributed by atoms with Gasteiger partial charge in [0.15, 0.2) is 5.78 Å². The quantitative estimate of drug-likeness (QED) is 0.798. The summed E-state index contributed by atoms with van der Waals surface area (Å²) in [5, 5.41) is 0.649. The normalized spacial score (nSPS) is 21.1. The van der Waals surface area contributed by atoms with Crippen molar-refractivity contribution in [3.63, 3.8) is 0 Å². The predicted molar refractivity (Wildman–Crippen MR) is 76.8 cm³/mol. The summed E-state index contributed by atoms with van der Waals surface area (Å²) in [6.07, 6.45) is 0. The first kappa shape index (κ1) is 14.5. The number of carbonyl (C=O) groups is 1. The summed E-state index contributed by atoms with van der Waals surface area (Å²) in [6.45, 7) is 8.31. The Hall–Kier alpha value is -0.900. The van der Waals surface area contributed by atoms with Crippen LogP contribution < -0.4 is 0 Å². The summed E-state index contributed by atoms with van der Waals surface area (Å²) in [5.41, 5.74) is 0.596. The smallest absolute Gasteiger partial charge is 0.179 e. The number of Topliss-reactive ketones (excluding diaryl/α,β-unsaturated/α-hetero) is 1. The van der Waals surface area contributed by atoms with E-state index in [-0.39, 0.29) is 17.4 Å². The number of benzene rings is 1. The number of carbonyl (C=O) groups excluding carboxylic acids is 1. The van der Waals surface area contributed by atoms with Crippen molar-refractivity contribution >= 4 is 17.4 Å². The van der Waals surface area contributed by atoms with Gasteiger partial charge in [0.2, 0.25) is 0 Å². The molecular weight excluding hydrogens is 262 g/mol. The third kappa shape index (κ3) is 3.16. The lowest BCUT2D eigenvalue weighted by Gasteiger charge is -2.45. The molecule has 1 aromatic rings. The number of nitrogens with zero attached hydrogens (tertiary/aromatic N) is 1. The van der Waals surface area contributed by atoms with Gasteiger partial charge in [-0.1, -0.05) is 11.6 Å². The minimum absolute atomic E-state index is 0.111. The molecule has 0 spiro atoms. The summed E-state index contributed by atoms with van der Waals surface area (Å²) in [4.78, 5) is 14.7. The van der Waals surface area contributed by atoms with Crippen molar-refractivity contribution in [3.8, 4) is 0 Å². The van der Waals surface area contributed by atoms with Gasteiger partial charge in [-0.15, -0.1) is 0 Å². The Kier molecular flexibility index (Phi) is 4.29. The maximum Gasteiger partial charge on any atom is 0.179 e. The van der Waals surface area contributed by atoms with Crippen molar-refractivity contribution in [1.29, 1.82) is 0 Å². The van der Waals surface area contributed by atoms with Crippen molar-refractivity contribution in [3.05, 3.63) is 34.9 Å². The minimum Gasteiger partial charge on any atom is -0.378 e. The highest BCUT2D eigenvalue weighted by atomic mass is 35.5. The summed E-state index contributed by atoms with van der Waals surface area (Å²) in [5.74, 6) is 0.131. The van der Waals surface area contributed by atoms with Crippen molar-refractivity contribution in [1.82, 2.24) is 4.90 Å². The molecule has 0 N–H and O–H groups in total. The Labute approximate surface area is 119 Å². The highest BCUT2D eigenvalue weighted by Crippen LogP contribution is 2.24. The average Bonchev–Trinajstić information content (AvgIpc) is 2.37. The molecule has 1 unspecified atom stereocenters. The number of ketones is 1. The lowest BCUT2D eigenvalue weighted by molar-refractivity contribution is -0.0626. The van der Waals surface area contributed by atoms with Gasteiger partial charge in [0.1, 0.15) is 0 Å². The van der Waals surface area contributed by atoms with Gasteiger partial charge >= 0.3 is 0 Å². The Morgan fingerprint density at radius 3 is 2.58 bits per heavy atom. The van der Waals surface area contributed by atoms with E-state index in [9.17, 15) is 4.79 Å². The molecule has 1 saturated heterocycles. The van der Waals surface area contributed by atoms with Crippen LogP contribution in [0, 0.1) is 0 Å². The largest absolute Gasteiger partial charge is 0.378 e. The molecule has 1 aromatic carbocycles. The van der Waals surface area contributed by atoms with Crippen LogP contribution in [0.5, 0.6) is 0 Å². The van der Waals surface area contributed by atoms with Crippen molar-refractivity contribution in [2.45, 2.75) is 32.4 Å². The van der Waals surface area contributed by atoms with E-state index in [4.69, 9.17) is 16.3 Å². The van der Waals surface area contributed by atoms with E-state index in [0.717, 1.165) is 6.54 Å². The summed E-state index contributed by atoms with van der Waals surface area (Å²) in [6, 6.07) is 6.93. The molecular formula is C15H20ClNO2. The Bertz CT molecular complexity index is 456. The number of hydrogen-bond acceptors (Lipinski definition) is 3. The number of ether oxygens (including phenoxy) is 1. The fraction of sp³-hybridized carbons (Fsp3) is 0.533. The van der Waals surface area contributed by atoms with Crippen LogP contribution in [0.2, 0.25) is 5.02 Å². The first-order valence-corrected chi connectivity index (χ1v) is 6.94. The van der Waals surface area contributed by atoms with Gasteiger partial charge in [-0.3, -0.25) is 9.69 Å². The number of morpholine rings is 1. The Morgan fingerprint density at radius 2 is 2.00 bits per heavy atom. The third-order valence-corrected chi connectivity index (χ3v) is 3.94. The molecule has 104 valence electrons. The van der Waals surface area contributed by atoms with Crippen LogP contribution in [0.15, 0.2) is 24.3 Å². The van der Waals surface area contributed by atoms with Crippen LogP contribution in [-0.4, -0.2) is 42.0 Å². The van der Waals surface area contributed by atoms with Crippen LogP contribution in [-0.2, 0) is 4.74 Å². The summed E-state index contributed by atoms with van der Waals surface area (Å²) < 4.78 is 5.50. The van der Waals surface area contributed by atoms with Crippen LogP contribution in [0.4, 0.5) is 0 Å². The number of hydrogen-bond donors (Lipinski definition) is 0. The van der Waals surface area contributed by atoms with Crippen LogP contribution in [0.1, 0.15) is 31.1 Å². The van der Waals surface area contributed by atoms with E-state index >= 15 is 0 Å². The van der Waals surface area contributed by atoms with E-state index < -0.39 is 0 Å². The molecule has 1 atom stereocenters. The van der Waals surface area contributed by atoms with Gasteiger partial charge in [-0.25, -0.2) is 0 Å². The van der Waals surface area contributed by atoms with Gasteiger partial charge in [0.25, 0.3) is 0 Å². The minimum atomic E-state index is -0.153. The van der Waals surface area contributed by atoms with Crippen molar-refractivity contribution in [2.75, 3.05) is 19.8 Å². The molecule has 3 nitrogen and oxygen atoms in total. The van der Waals surface area contributed by atoms with E-state index in [2.05, 4.69) is 18.7 Å². The molecule has 19 heavy (non-hydrogen) atoms. The van der Waals surface area contributed by atoms with Gasteiger partial charge in [0.05, 0.1) is 19.3 Å². The Morgan fingerprint density at radius 1 is 1.37 bits per heavy atom. The average molecular weight is 282 g/mol. The van der Waals surface area contributed by atoms with Gasteiger partial charge in [-0.05, 0) is 45.0 Å². The molecule has 0 bridgehead atoms. The molecule has 0 aromatic heterocycles. The fourth-order valence-electron chi connectivity index (χ4n) is 2.59. The molecule has 1 aliphatic rings. The highest BCUT2D eigenvalue weighted by Gasteiger charge is 2.36. The number of rotatable bonds is 3. The van der Waals surface area contributed by atoms with Gasteiger partial charge in [0, 0.05) is 22.7 Å². The second-order valence-electron chi connectivity index (χ2n) is 5.61. The Balaban J connectivity index is 2.16. The molecule has 0 amide bonds. The first-order valence-electron chi connectivity index (χ1n) is 6.56. The van der Waals surface area contributed by atoms with Crippen molar-refractivity contribution < 1.29 is 9.53 Å². The van der Waals surface area contributed by atoms with E-state index in [0.29, 0.717) is 23.8 Å². The third-order valence-electron chi connectivity index (χ3n) is 3.69. The van der Waals surface area contributed by atoms with Crippen molar-refractivity contribution in [2.24, 2.45) is 0 Å². The summed E-state index contributed by atoms with van der Waals surface area (Å²) in [7, 11) is 0. The molecule has 1 aliphatic heterocycles. The SMILES string of the molecule is CC(C(=O)c1ccc(Cl)cc1)N1CCOCC1(C)C. The predicted octanol–water partition coefficient (Wildman–Crippen LogP) is 3.02. The van der Waals surface area contributed by atoms with E-state index in [1.54, 1.807) is 24.3 Å². The standard InChI is InChI=1S/C15H20ClNO2/c1-11(17-8-9-19-10-15(17,2)3)14(18)12-4-6-13(16)7-5-12/h4-7,11H,8-10H2,1-3H3. The molecule has 1 fully saturated rings. The lowest BCUT2D eigenvalue weighted by atomic mass is 9.96. The molecule has 0 radical (unpaired) electrons. The van der Waals surface area contributed by atoms with Crippen LogP contribution in [0.3, 0.4) is 0 Å². The monoisotopic (exact) mass is 281 g/mol. The first-order chi connectivity index (χ1) is 8.92. The maximum atomic E-state index is 12.5.